The molecule has 5 N–H and O–H groups in total. The summed E-state index contributed by atoms with van der Waals surface area (Å²) in [4.78, 5) is 10.8. The number of nitrogens with two attached hydrogens (primary N) is 2. The van der Waals surface area contributed by atoms with Crippen LogP contribution in [0.4, 0.5) is 0 Å². The number of hydrazine groups is 1. The summed E-state index contributed by atoms with van der Waals surface area (Å²) >= 11 is 0. The highest BCUT2D eigenvalue weighted by Gasteiger charge is 1.93. The second kappa shape index (κ2) is 7.97. The lowest BCUT2D eigenvalue weighted by Crippen LogP contribution is -2.19. The summed E-state index contributed by atoms with van der Waals surface area (Å²) in [6.07, 6.45) is 1.27. The summed E-state index contributed by atoms with van der Waals surface area (Å²) in [7, 11) is 0. The average Bonchev–Trinajstić information content (AvgIpc) is 2.30. The highest BCUT2D eigenvalue weighted by atomic mass is 16.1. The third-order valence-corrected chi connectivity index (χ3v) is 1.49. The van der Waals surface area contributed by atoms with E-state index in [4.69, 9.17) is 0 Å². The zero-order valence-corrected chi connectivity index (χ0v) is 7.94. The average molecular weight is 193 g/mol. The molecule has 0 saturated heterocycles. The molecule has 1 aromatic rings. The minimum absolute atomic E-state index is 0.140. The number of carbonyl (C=O) groups is 1. The Morgan fingerprint density at radius 1 is 1.36 bits per heavy atom. The van der Waals surface area contributed by atoms with Gasteiger partial charge >= 0.3 is 0 Å². The lowest BCUT2D eigenvalue weighted by molar-refractivity contribution is -0.116. The lowest BCUT2D eigenvalue weighted by Gasteiger charge is -2.00. The largest absolute Gasteiger partial charge is 0.348 e. The third-order valence-electron chi connectivity index (χ3n) is 1.49. The van der Waals surface area contributed by atoms with Crippen LogP contribution in [0, 0.1) is 0 Å². The summed E-state index contributed by atoms with van der Waals surface area (Å²) in [5.74, 6) is 7.86. The first kappa shape index (κ1) is 12.3. The second-order valence-corrected chi connectivity index (χ2v) is 2.41. The fraction of sp³-hybridized carbons (Fsp3) is 0.100. The van der Waals surface area contributed by atoms with E-state index in [1.165, 1.54) is 6.08 Å². The first-order valence-corrected chi connectivity index (χ1v) is 4.10. The summed E-state index contributed by atoms with van der Waals surface area (Å²) in [5.41, 5.74) is 1.09. The predicted octanol–water partition coefficient (Wildman–Crippen LogP) is 0.308. The Balaban J connectivity index is 0.000000791. The summed E-state index contributed by atoms with van der Waals surface area (Å²) in [5, 5.41) is 2.69. The van der Waals surface area contributed by atoms with E-state index in [0.717, 1.165) is 5.56 Å². The lowest BCUT2D eigenvalue weighted by atomic mass is 10.2. The molecule has 0 aromatic heterocycles. The monoisotopic (exact) mass is 193 g/mol. The number of hydrogen-bond acceptors (Lipinski definition) is 3. The van der Waals surface area contributed by atoms with Crippen molar-refractivity contribution in [1.82, 2.24) is 5.32 Å². The van der Waals surface area contributed by atoms with Crippen molar-refractivity contribution in [3.63, 3.8) is 0 Å². The molecule has 14 heavy (non-hydrogen) atoms. The molecule has 0 bridgehead atoms. The van der Waals surface area contributed by atoms with Crippen molar-refractivity contribution in [3.8, 4) is 0 Å². The Morgan fingerprint density at radius 3 is 2.43 bits per heavy atom. The van der Waals surface area contributed by atoms with Crippen LogP contribution in [0.15, 0.2) is 43.0 Å². The van der Waals surface area contributed by atoms with Crippen LogP contribution < -0.4 is 17.0 Å². The van der Waals surface area contributed by atoms with Crippen LogP contribution in [-0.4, -0.2) is 5.91 Å². The molecule has 76 valence electrons. The minimum Gasteiger partial charge on any atom is -0.348 e. The highest BCUT2D eigenvalue weighted by Crippen LogP contribution is 1.96. The van der Waals surface area contributed by atoms with Crippen LogP contribution in [0.1, 0.15) is 5.56 Å². The zero-order chi connectivity index (χ0) is 10.8. The van der Waals surface area contributed by atoms with E-state index in [-0.39, 0.29) is 5.91 Å². The fourth-order valence-corrected chi connectivity index (χ4v) is 0.857. The Labute approximate surface area is 83.6 Å². The quantitative estimate of drug-likeness (QED) is 0.367. The highest BCUT2D eigenvalue weighted by molar-refractivity contribution is 5.86. The Morgan fingerprint density at radius 2 is 1.93 bits per heavy atom. The minimum atomic E-state index is -0.140. The van der Waals surface area contributed by atoms with Crippen molar-refractivity contribution in [2.75, 3.05) is 0 Å². The molecule has 4 heteroatoms. The molecule has 0 saturated carbocycles. The molecule has 0 unspecified atom stereocenters. The molecule has 0 radical (unpaired) electrons. The molecular weight excluding hydrogens is 178 g/mol. The SMILES string of the molecule is C=CC(=O)NCc1ccccc1.NN. The van der Waals surface area contributed by atoms with Crippen molar-refractivity contribution in [2.45, 2.75) is 6.54 Å². The van der Waals surface area contributed by atoms with Crippen molar-refractivity contribution >= 4 is 5.91 Å². The Hall–Kier alpha value is -1.65. The van der Waals surface area contributed by atoms with Crippen molar-refractivity contribution in [2.24, 2.45) is 11.7 Å². The van der Waals surface area contributed by atoms with Gasteiger partial charge in [-0.1, -0.05) is 36.9 Å². The maximum atomic E-state index is 10.8. The van der Waals surface area contributed by atoms with E-state index in [2.05, 4.69) is 23.6 Å². The van der Waals surface area contributed by atoms with Crippen molar-refractivity contribution in [3.05, 3.63) is 48.6 Å². The first-order chi connectivity index (χ1) is 6.83. The van der Waals surface area contributed by atoms with Gasteiger partial charge < -0.3 is 5.32 Å². The summed E-state index contributed by atoms with van der Waals surface area (Å²) in [6, 6.07) is 9.75. The van der Waals surface area contributed by atoms with Gasteiger partial charge in [0.15, 0.2) is 0 Å². The first-order valence-electron chi connectivity index (χ1n) is 4.10. The van der Waals surface area contributed by atoms with Gasteiger partial charge in [0.1, 0.15) is 0 Å². The van der Waals surface area contributed by atoms with Gasteiger partial charge in [-0.3, -0.25) is 16.5 Å². The van der Waals surface area contributed by atoms with Gasteiger partial charge in [-0.15, -0.1) is 0 Å². The molecule has 0 aliphatic carbocycles. The molecule has 0 aliphatic rings. The van der Waals surface area contributed by atoms with E-state index in [9.17, 15) is 4.79 Å². The van der Waals surface area contributed by atoms with Gasteiger partial charge in [-0.25, -0.2) is 0 Å². The van der Waals surface area contributed by atoms with Gasteiger partial charge in [-0.2, -0.15) is 0 Å². The molecule has 1 aromatic carbocycles. The predicted molar refractivity (Wildman–Crippen MR) is 56.9 cm³/mol. The summed E-state index contributed by atoms with van der Waals surface area (Å²) in [6.45, 7) is 3.92. The topological polar surface area (TPSA) is 81.1 Å². The van der Waals surface area contributed by atoms with Crippen LogP contribution in [0.25, 0.3) is 0 Å². The number of amides is 1. The van der Waals surface area contributed by atoms with Crippen molar-refractivity contribution in [1.29, 1.82) is 0 Å². The smallest absolute Gasteiger partial charge is 0.243 e. The van der Waals surface area contributed by atoms with E-state index >= 15 is 0 Å². The molecule has 0 spiro atoms. The maximum Gasteiger partial charge on any atom is 0.243 e. The van der Waals surface area contributed by atoms with Gasteiger partial charge in [0.2, 0.25) is 5.91 Å². The van der Waals surface area contributed by atoms with Crippen molar-refractivity contribution < 1.29 is 4.79 Å². The van der Waals surface area contributed by atoms with Gasteiger partial charge in [-0.05, 0) is 11.6 Å². The second-order valence-electron chi connectivity index (χ2n) is 2.41. The molecule has 1 rings (SSSR count). The third kappa shape index (κ3) is 5.08. The van der Waals surface area contributed by atoms with Crippen LogP contribution >= 0.6 is 0 Å². The van der Waals surface area contributed by atoms with E-state index in [0.29, 0.717) is 6.54 Å². The van der Waals surface area contributed by atoms with E-state index in [1.807, 2.05) is 30.3 Å². The number of hydrogen-bond donors (Lipinski definition) is 3. The molecular formula is C10H15N3O. The number of carbonyl (C=O) groups excluding carboxylic acids is 1. The Bertz CT molecular complexity index is 272. The normalized spacial score (nSPS) is 8.14. The maximum absolute atomic E-state index is 10.8. The molecule has 0 atom stereocenters. The number of benzene rings is 1. The molecule has 0 fully saturated rings. The van der Waals surface area contributed by atoms with Crippen LogP contribution in [0.5, 0.6) is 0 Å². The Kier molecular flexibility index (Phi) is 7.03. The van der Waals surface area contributed by atoms with E-state index in [1.54, 1.807) is 0 Å². The number of nitrogens with one attached hydrogen (secondary N) is 1. The number of rotatable bonds is 3. The van der Waals surface area contributed by atoms with Crippen LogP contribution in [0.3, 0.4) is 0 Å². The van der Waals surface area contributed by atoms with Gasteiger partial charge in [0.25, 0.3) is 0 Å². The molecule has 0 aliphatic heterocycles. The standard InChI is InChI=1S/C10H11NO.H4N2/c1-2-10(12)11-8-9-6-4-3-5-7-9;1-2/h2-7H,1,8H2,(H,11,12);1-2H2. The van der Waals surface area contributed by atoms with Crippen LogP contribution in [0.2, 0.25) is 0 Å². The fourth-order valence-electron chi connectivity index (χ4n) is 0.857. The molecule has 4 nitrogen and oxygen atoms in total. The zero-order valence-electron chi connectivity index (χ0n) is 7.94. The van der Waals surface area contributed by atoms with E-state index < -0.39 is 0 Å². The molecule has 1 amide bonds. The van der Waals surface area contributed by atoms with Crippen LogP contribution in [-0.2, 0) is 11.3 Å². The van der Waals surface area contributed by atoms with Gasteiger partial charge in [0.05, 0.1) is 0 Å². The summed E-state index contributed by atoms with van der Waals surface area (Å²) < 4.78 is 0. The van der Waals surface area contributed by atoms with Gasteiger partial charge in [0, 0.05) is 6.54 Å². The molecule has 0 heterocycles.